The van der Waals surface area contributed by atoms with Crippen molar-refractivity contribution in [1.29, 1.82) is 0 Å². The van der Waals surface area contributed by atoms with Crippen LogP contribution in [0.4, 0.5) is 0 Å². The summed E-state index contributed by atoms with van der Waals surface area (Å²) in [4.78, 5) is 4.87. The van der Waals surface area contributed by atoms with Gasteiger partial charge >= 0.3 is 0 Å². The van der Waals surface area contributed by atoms with Crippen molar-refractivity contribution >= 4 is 0 Å². The maximum absolute atomic E-state index is 5.58. The molecule has 4 nitrogen and oxygen atoms in total. The Balaban J connectivity index is 1.86. The summed E-state index contributed by atoms with van der Waals surface area (Å²) in [6, 6.07) is 1.24. The quantitative estimate of drug-likeness (QED) is 0.798. The van der Waals surface area contributed by atoms with Gasteiger partial charge in [0.05, 0.1) is 13.2 Å². The number of morpholine rings is 1. The zero-order chi connectivity index (χ0) is 13.0. The Kier molecular flexibility index (Phi) is 5.42. The molecule has 0 aliphatic carbocycles. The van der Waals surface area contributed by atoms with Crippen molar-refractivity contribution in [2.75, 3.05) is 54.0 Å². The van der Waals surface area contributed by atoms with Crippen molar-refractivity contribution in [3.8, 4) is 0 Å². The van der Waals surface area contributed by atoms with Crippen molar-refractivity contribution < 1.29 is 4.74 Å². The van der Waals surface area contributed by atoms with Crippen molar-refractivity contribution in [3.05, 3.63) is 0 Å². The molecule has 2 heterocycles. The number of nitrogens with one attached hydrogen (secondary N) is 1. The lowest BCUT2D eigenvalue weighted by Crippen LogP contribution is -2.49. The molecule has 2 aliphatic heterocycles. The summed E-state index contributed by atoms with van der Waals surface area (Å²) in [5.41, 5.74) is 0. The normalized spacial score (nSPS) is 29.7. The summed E-state index contributed by atoms with van der Waals surface area (Å²) in [6.07, 6.45) is 3.90. The highest BCUT2D eigenvalue weighted by molar-refractivity contribution is 4.85. The largest absolute Gasteiger partial charge is 0.379 e. The second-order valence-corrected chi connectivity index (χ2v) is 6.13. The Morgan fingerprint density at radius 1 is 1.33 bits per heavy atom. The van der Waals surface area contributed by atoms with Gasteiger partial charge in [0.15, 0.2) is 0 Å². The van der Waals surface area contributed by atoms with Gasteiger partial charge in [-0.3, -0.25) is 0 Å². The minimum absolute atomic E-state index is 0.547. The molecule has 2 saturated heterocycles. The van der Waals surface area contributed by atoms with Crippen molar-refractivity contribution in [2.45, 2.75) is 31.3 Å². The summed E-state index contributed by atoms with van der Waals surface area (Å²) >= 11 is 0. The van der Waals surface area contributed by atoms with Crippen LogP contribution in [0.5, 0.6) is 0 Å². The maximum atomic E-state index is 5.58. The van der Waals surface area contributed by atoms with E-state index >= 15 is 0 Å². The molecule has 0 aromatic carbocycles. The lowest BCUT2D eigenvalue weighted by Gasteiger charge is -2.40. The molecule has 0 spiro atoms. The van der Waals surface area contributed by atoms with Crippen LogP contribution in [0.1, 0.15) is 19.3 Å². The Bertz CT molecular complexity index is 233. The molecule has 0 aromatic rings. The second kappa shape index (κ2) is 6.85. The zero-order valence-electron chi connectivity index (χ0n) is 12.2. The molecule has 2 unspecified atom stereocenters. The lowest BCUT2D eigenvalue weighted by molar-refractivity contribution is 0.0509. The molecule has 1 N–H and O–H groups in total. The first-order valence-corrected chi connectivity index (χ1v) is 7.33. The van der Waals surface area contributed by atoms with Crippen molar-refractivity contribution in [3.63, 3.8) is 0 Å². The fourth-order valence-electron chi connectivity index (χ4n) is 3.30. The van der Waals surface area contributed by atoms with Gasteiger partial charge in [0.25, 0.3) is 0 Å². The van der Waals surface area contributed by atoms with Crippen LogP contribution in [0.3, 0.4) is 0 Å². The summed E-state index contributed by atoms with van der Waals surface area (Å²) in [6.45, 7) is 5.28. The minimum atomic E-state index is 0.547. The first kappa shape index (κ1) is 14.3. The highest BCUT2D eigenvalue weighted by Crippen LogP contribution is 2.25. The molecular weight excluding hydrogens is 226 g/mol. The van der Waals surface area contributed by atoms with Crippen LogP contribution in [0, 0.1) is 5.92 Å². The third-order valence-electron chi connectivity index (χ3n) is 4.50. The molecule has 2 atom stereocenters. The number of likely N-dealkylation sites (tertiary alicyclic amines) is 1. The van der Waals surface area contributed by atoms with Crippen LogP contribution in [0.25, 0.3) is 0 Å². The zero-order valence-corrected chi connectivity index (χ0v) is 12.2. The van der Waals surface area contributed by atoms with Gasteiger partial charge in [-0.05, 0) is 59.4 Å². The topological polar surface area (TPSA) is 27.7 Å². The molecule has 4 heteroatoms. The molecule has 0 aromatic heterocycles. The number of nitrogens with zero attached hydrogens (tertiary/aromatic N) is 2. The predicted octanol–water partition coefficient (Wildman–Crippen LogP) is 0.637. The molecule has 18 heavy (non-hydrogen) atoms. The number of rotatable bonds is 4. The first-order valence-electron chi connectivity index (χ1n) is 7.33. The van der Waals surface area contributed by atoms with E-state index in [0.29, 0.717) is 12.1 Å². The number of hydrogen-bond acceptors (Lipinski definition) is 4. The third kappa shape index (κ3) is 3.92. The van der Waals surface area contributed by atoms with Gasteiger partial charge in [-0.25, -0.2) is 0 Å². The molecule has 0 radical (unpaired) electrons. The van der Waals surface area contributed by atoms with Crippen LogP contribution >= 0.6 is 0 Å². The van der Waals surface area contributed by atoms with Crippen LogP contribution in [0.15, 0.2) is 0 Å². The second-order valence-electron chi connectivity index (χ2n) is 6.13. The van der Waals surface area contributed by atoms with E-state index < -0.39 is 0 Å². The van der Waals surface area contributed by atoms with Crippen LogP contribution in [-0.4, -0.2) is 75.9 Å². The summed E-state index contributed by atoms with van der Waals surface area (Å²) in [5.74, 6) is 0.847. The molecule has 2 rings (SSSR count). The fourth-order valence-corrected chi connectivity index (χ4v) is 3.30. The number of hydrogen-bond donors (Lipinski definition) is 1. The van der Waals surface area contributed by atoms with Gasteiger partial charge in [0.1, 0.15) is 0 Å². The molecular formula is C14H29N3O. The smallest absolute Gasteiger partial charge is 0.0620 e. The minimum Gasteiger partial charge on any atom is -0.379 e. The Hall–Kier alpha value is -0.160. The van der Waals surface area contributed by atoms with E-state index in [0.717, 1.165) is 25.7 Å². The average Bonchev–Trinajstić information content (AvgIpc) is 2.38. The highest BCUT2D eigenvalue weighted by Gasteiger charge is 2.29. The standard InChI is InChI=1S/C14H29N3O/c1-16(2)14(10-13-11-18-9-6-15-13)12-4-7-17(3)8-5-12/h12-15H,4-11H2,1-3H3. The third-order valence-corrected chi connectivity index (χ3v) is 4.50. The van der Waals surface area contributed by atoms with Gasteiger partial charge in [-0.15, -0.1) is 0 Å². The monoisotopic (exact) mass is 255 g/mol. The SMILES string of the molecule is CN1CCC(C(CC2COCCN2)N(C)C)CC1. The highest BCUT2D eigenvalue weighted by atomic mass is 16.5. The van der Waals surface area contributed by atoms with Gasteiger partial charge in [0, 0.05) is 18.6 Å². The Morgan fingerprint density at radius 2 is 2.06 bits per heavy atom. The first-order chi connectivity index (χ1) is 8.66. The molecule has 2 aliphatic rings. The summed E-state index contributed by atoms with van der Waals surface area (Å²) in [5, 5.41) is 3.59. The van der Waals surface area contributed by atoms with Crippen molar-refractivity contribution in [2.24, 2.45) is 5.92 Å². The molecule has 0 bridgehead atoms. The van der Waals surface area contributed by atoms with Crippen LogP contribution < -0.4 is 5.32 Å². The summed E-state index contributed by atoms with van der Waals surface area (Å²) < 4.78 is 5.58. The van der Waals surface area contributed by atoms with E-state index in [1.54, 1.807) is 0 Å². The van der Waals surface area contributed by atoms with Crippen LogP contribution in [0.2, 0.25) is 0 Å². The Morgan fingerprint density at radius 3 is 2.61 bits per heavy atom. The van der Waals surface area contributed by atoms with E-state index in [4.69, 9.17) is 4.74 Å². The Labute approximate surface area is 112 Å². The van der Waals surface area contributed by atoms with E-state index in [1.807, 2.05) is 0 Å². The van der Waals surface area contributed by atoms with E-state index in [9.17, 15) is 0 Å². The molecule has 0 amide bonds. The molecule has 2 fully saturated rings. The van der Waals surface area contributed by atoms with Gasteiger partial charge < -0.3 is 19.9 Å². The maximum Gasteiger partial charge on any atom is 0.0620 e. The molecule has 0 saturated carbocycles. The van der Waals surface area contributed by atoms with E-state index in [-0.39, 0.29) is 0 Å². The van der Waals surface area contributed by atoms with Crippen molar-refractivity contribution in [1.82, 2.24) is 15.1 Å². The van der Waals surface area contributed by atoms with E-state index in [2.05, 4.69) is 36.3 Å². The number of piperidine rings is 1. The van der Waals surface area contributed by atoms with Gasteiger partial charge in [-0.2, -0.15) is 0 Å². The van der Waals surface area contributed by atoms with E-state index in [1.165, 1.54) is 32.4 Å². The fraction of sp³-hybridized carbons (Fsp3) is 1.00. The summed E-state index contributed by atoms with van der Waals surface area (Å²) in [7, 11) is 6.69. The lowest BCUT2D eigenvalue weighted by atomic mass is 9.85. The van der Waals surface area contributed by atoms with Crippen LogP contribution in [-0.2, 0) is 4.74 Å². The molecule has 106 valence electrons. The van der Waals surface area contributed by atoms with Gasteiger partial charge in [0.2, 0.25) is 0 Å². The predicted molar refractivity (Wildman–Crippen MR) is 74.9 cm³/mol. The van der Waals surface area contributed by atoms with Gasteiger partial charge in [-0.1, -0.05) is 0 Å². The average molecular weight is 255 g/mol. The number of ether oxygens (including phenoxy) is 1.